The minimum absolute atomic E-state index is 0.0478. The highest BCUT2D eigenvalue weighted by atomic mass is 79.9. The van der Waals surface area contributed by atoms with E-state index in [-0.39, 0.29) is 40.3 Å². The lowest BCUT2D eigenvalue weighted by atomic mass is 9.98. The summed E-state index contributed by atoms with van der Waals surface area (Å²) in [7, 11) is 1.45. The predicted molar refractivity (Wildman–Crippen MR) is 123 cm³/mol. The van der Waals surface area contributed by atoms with Gasteiger partial charge in [0.05, 0.1) is 34.7 Å². The van der Waals surface area contributed by atoms with E-state index in [0.29, 0.717) is 40.6 Å². The zero-order valence-corrected chi connectivity index (χ0v) is 19.6. The molecule has 8 heteroatoms. The van der Waals surface area contributed by atoms with Gasteiger partial charge >= 0.3 is 0 Å². The molecular formula is C24H24BrNO6. The number of benzene rings is 2. The maximum atomic E-state index is 13.5. The molecule has 2 aromatic carbocycles. The molecular weight excluding hydrogens is 478 g/mol. The largest absolute Gasteiger partial charge is 0.503 e. The normalized spacial score (nSPS) is 15.6. The number of rotatable bonds is 7. The van der Waals surface area contributed by atoms with Crippen LogP contribution in [0.4, 0.5) is 0 Å². The van der Waals surface area contributed by atoms with Crippen molar-refractivity contribution in [2.24, 2.45) is 0 Å². The second-order valence-corrected chi connectivity index (χ2v) is 8.75. The van der Waals surface area contributed by atoms with Gasteiger partial charge in [0.2, 0.25) is 5.76 Å². The van der Waals surface area contributed by atoms with Crippen LogP contribution in [0.25, 0.3) is 11.0 Å². The Bertz CT molecular complexity index is 1240. The molecule has 0 fully saturated rings. The molecule has 32 heavy (non-hydrogen) atoms. The summed E-state index contributed by atoms with van der Waals surface area (Å²) in [6, 6.07) is 9.55. The van der Waals surface area contributed by atoms with Gasteiger partial charge < -0.3 is 23.9 Å². The Morgan fingerprint density at radius 3 is 2.69 bits per heavy atom. The van der Waals surface area contributed by atoms with Gasteiger partial charge in [0.25, 0.3) is 5.91 Å². The second kappa shape index (κ2) is 8.96. The van der Waals surface area contributed by atoms with Crippen molar-refractivity contribution in [3.05, 3.63) is 68.0 Å². The summed E-state index contributed by atoms with van der Waals surface area (Å²) in [6.45, 7) is 4.76. The van der Waals surface area contributed by atoms with Gasteiger partial charge in [-0.2, -0.15) is 0 Å². The van der Waals surface area contributed by atoms with Crippen LogP contribution in [0.5, 0.6) is 11.5 Å². The number of nitrogens with zero attached hydrogens (tertiary/aromatic N) is 1. The van der Waals surface area contributed by atoms with Crippen molar-refractivity contribution in [3.8, 4) is 11.5 Å². The van der Waals surface area contributed by atoms with Crippen molar-refractivity contribution in [3.63, 3.8) is 0 Å². The number of carbonyl (C=O) groups excluding carboxylic acids is 1. The van der Waals surface area contributed by atoms with Crippen LogP contribution in [0.3, 0.4) is 0 Å². The minimum Gasteiger partial charge on any atom is -0.503 e. The maximum absolute atomic E-state index is 13.5. The van der Waals surface area contributed by atoms with Gasteiger partial charge in [-0.3, -0.25) is 9.59 Å². The Labute approximate surface area is 193 Å². The van der Waals surface area contributed by atoms with Gasteiger partial charge in [0.1, 0.15) is 5.58 Å². The standard InChI is InChI=1S/C24H24BrNO6/c1-13(2)31-10-6-9-26-20(14-11-16(25)22(28)18(12-14)30-3)19-21(27)15-7-4-5-8-17(15)32-23(19)24(26)29/h4-5,7-8,11-13,20,28H,6,9-10H2,1-3H3/t20-/m1/s1. The molecule has 3 aromatic rings. The summed E-state index contributed by atoms with van der Waals surface area (Å²) < 4.78 is 17.2. The molecule has 0 radical (unpaired) electrons. The Kier molecular flexibility index (Phi) is 6.26. The van der Waals surface area contributed by atoms with Gasteiger partial charge in [0, 0.05) is 13.2 Å². The molecule has 1 atom stereocenters. The van der Waals surface area contributed by atoms with E-state index >= 15 is 0 Å². The number of phenols is 1. The van der Waals surface area contributed by atoms with Crippen molar-refractivity contribution in [2.45, 2.75) is 32.4 Å². The Hall–Kier alpha value is -2.84. The van der Waals surface area contributed by atoms with E-state index < -0.39 is 6.04 Å². The van der Waals surface area contributed by atoms with Crippen LogP contribution in [-0.2, 0) is 4.74 Å². The fraction of sp³-hybridized carbons (Fsp3) is 0.333. The van der Waals surface area contributed by atoms with Crippen LogP contribution in [0.15, 0.2) is 50.1 Å². The average Bonchev–Trinajstić information content (AvgIpc) is 3.05. The fourth-order valence-electron chi connectivity index (χ4n) is 4.01. The highest BCUT2D eigenvalue weighted by Crippen LogP contribution is 2.43. The molecule has 1 aromatic heterocycles. The SMILES string of the molecule is COc1cc([C@@H]2c3c(oc4ccccc4c3=O)C(=O)N2CCCOC(C)C)cc(Br)c1O. The highest BCUT2D eigenvalue weighted by molar-refractivity contribution is 9.10. The van der Waals surface area contributed by atoms with Crippen LogP contribution in [0.1, 0.15) is 48.0 Å². The van der Waals surface area contributed by atoms with Crippen LogP contribution in [0, 0.1) is 0 Å². The maximum Gasteiger partial charge on any atom is 0.290 e. The lowest BCUT2D eigenvalue weighted by Gasteiger charge is -2.26. The lowest BCUT2D eigenvalue weighted by molar-refractivity contribution is 0.0593. The fourth-order valence-corrected chi connectivity index (χ4v) is 4.47. The number of amides is 1. The number of carbonyl (C=O) groups is 1. The third kappa shape index (κ3) is 3.89. The Morgan fingerprint density at radius 2 is 1.97 bits per heavy atom. The predicted octanol–water partition coefficient (Wildman–Crippen LogP) is 4.63. The summed E-state index contributed by atoms with van der Waals surface area (Å²) in [5.41, 5.74) is 1.05. The third-order valence-corrected chi connectivity index (χ3v) is 6.06. The van der Waals surface area contributed by atoms with E-state index in [1.165, 1.54) is 7.11 Å². The van der Waals surface area contributed by atoms with E-state index in [1.54, 1.807) is 41.3 Å². The Balaban J connectivity index is 1.86. The van der Waals surface area contributed by atoms with E-state index in [9.17, 15) is 14.7 Å². The van der Waals surface area contributed by atoms with Crippen molar-refractivity contribution in [1.82, 2.24) is 4.90 Å². The number of hydrogen-bond acceptors (Lipinski definition) is 6. The first-order chi connectivity index (χ1) is 15.3. The highest BCUT2D eigenvalue weighted by Gasteiger charge is 2.42. The number of halogens is 1. The number of ether oxygens (including phenoxy) is 2. The summed E-state index contributed by atoms with van der Waals surface area (Å²) in [5, 5.41) is 10.7. The van der Waals surface area contributed by atoms with E-state index in [1.807, 2.05) is 13.8 Å². The van der Waals surface area contributed by atoms with E-state index in [0.717, 1.165) is 0 Å². The molecule has 1 aliphatic heterocycles. The van der Waals surface area contributed by atoms with Gasteiger partial charge in [-0.1, -0.05) is 12.1 Å². The molecule has 0 bridgehead atoms. The topological polar surface area (TPSA) is 89.2 Å². The summed E-state index contributed by atoms with van der Waals surface area (Å²) in [4.78, 5) is 28.5. The molecule has 0 spiro atoms. The number of fused-ring (bicyclic) bond motifs is 2. The third-order valence-electron chi connectivity index (χ3n) is 5.45. The molecule has 2 heterocycles. The van der Waals surface area contributed by atoms with E-state index in [2.05, 4.69) is 15.9 Å². The van der Waals surface area contributed by atoms with E-state index in [4.69, 9.17) is 13.9 Å². The quantitative estimate of drug-likeness (QED) is 0.474. The number of methoxy groups -OCH3 is 1. The summed E-state index contributed by atoms with van der Waals surface area (Å²) >= 11 is 3.34. The van der Waals surface area contributed by atoms with Crippen LogP contribution in [0.2, 0.25) is 0 Å². The van der Waals surface area contributed by atoms with Gasteiger partial charge in [0.15, 0.2) is 16.9 Å². The van der Waals surface area contributed by atoms with Crippen molar-refractivity contribution in [1.29, 1.82) is 0 Å². The molecule has 0 aliphatic carbocycles. The number of aromatic hydroxyl groups is 1. The zero-order valence-electron chi connectivity index (χ0n) is 18.1. The van der Waals surface area contributed by atoms with Crippen LogP contribution >= 0.6 is 15.9 Å². The molecule has 0 saturated carbocycles. The molecule has 0 unspecified atom stereocenters. The minimum atomic E-state index is -0.678. The molecule has 0 saturated heterocycles. The first kappa shape index (κ1) is 22.4. The number of para-hydroxylation sites is 1. The summed E-state index contributed by atoms with van der Waals surface area (Å²) in [6.07, 6.45) is 0.682. The molecule has 1 amide bonds. The zero-order chi connectivity index (χ0) is 23.0. The second-order valence-electron chi connectivity index (χ2n) is 7.90. The van der Waals surface area contributed by atoms with Crippen molar-refractivity contribution >= 4 is 32.8 Å². The van der Waals surface area contributed by atoms with Crippen LogP contribution < -0.4 is 10.2 Å². The first-order valence-corrected chi connectivity index (χ1v) is 11.2. The Morgan fingerprint density at radius 1 is 1.22 bits per heavy atom. The van der Waals surface area contributed by atoms with Crippen LogP contribution in [-0.4, -0.2) is 42.3 Å². The monoisotopic (exact) mass is 501 g/mol. The van der Waals surface area contributed by atoms with Crippen molar-refractivity contribution in [2.75, 3.05) is 20.3 Å². The summed E-state index contributed by atoms with van der Waals surface area (Å²) in [5.74, 6) is -0.112. The lowest BCUT2D eigenvalue weighted by Crippen LogP contribution is -2.31. The first-order valence-electron chi connectivity index (χ1n) is 10.4. The number of hydrogen-bond donors (Lipinski definition) is 1. The molecule has 4 rings (SSSR count). The molecule has 1 aliphatic rings. The van der Waals surface area contributed by atoms with Crippen molar-refractivity contribution < 1.29 is 23.8 Å². The molecule has 7 nitrogen and oxygen atoms in total. The van der Waals surface area contributed by atoms with Gasteiger partial charge in [-0.25, -0.2) is 0 Å². The molecule has 1 N–H and O–H groups in total. The number of phenolic OH excluding ortho intramolecular Hbond substituents is 1. The average molecular weight is 502 g/mol. The smallest absolute Gasteiger partial charge is 0.290 e. The van der Waals surface area contributed by atoms with Gasteiger partial charge in [-0.15, -0.1) is 0 Å². The van der Waals surface area contributed by atoms with Gasteiger partial charge in [-0.05, 0) is 66.0 Å². The molecule has 168 valence electrons.